The van der Waals surface area contributed by atoms with Gasteiger partial charge < -0.3 is 14.8 Å². The Morgan fingerprint density at radius 1 is 1.42 bits per heavy atom. The number of Topliss-reactive ketones (excluding diaryl/α,β-unsaturated/α-hetero) is 1. The van der Waals surface area contributed by atoms with Gasteiger partial charge in [0.1, 0.15) is 6.10 Å². The van der Waals surface area contributed by atoms with Gasteiger partial charge in [-0.2, -0.15) is 0 Å². The minimum atomic E-state index is 0.0423. The van der Waals surface area contributed by atoms with Gasteiger partial charge in [-0.05, 0) is 32.3 Å². The molecule has 0 bridgehead atoms. The van der Waals surface area contributed by atoms with Crippen LogP contribution in [0.5, 0.6) is 11.5 Å². The van der Waals surface area contributed by atoms with Gasteiger partial charge in [0.15, 0.2) is 17.3 Å². The maximum atomic E-state index is 11.9. The number of nitrogens with zero attached hydrogens (tertiary/aromatic N) is 1. The normalized spacial score (nSPS) is 15.9. The number of rotatable bonds is 6. The van der Waals surface area contributed by atoms with Crippen LogP contribution >= 0.6 is 0 Å². The number of ether oxygens (including phenoxy) is 2. The molecule has 1 saturated heterocycles. The maximum Gasteiger partial charge on any atom is 0.176 e. The van der Waals surface area contributed by atoms with Crippen LogP contribution in [-0.2, 0) is 0 Å². The molecule has 2 rings (SSSR count). The second kappa shape index (κ2) is 6.04. The van der Waals surface area contributed by atoms with Gasteiger partial charge >= 0.3 is 0 Å². The van der Waals surface area contributed by atoms with E-state index in [0.29, 0.717) is 23.6 Å². The Bertz CT molecular complexity index is 456. The average Bonchev–Trinajstić information content (AvgIpc) is 2.37. The van der Waals surface area contributed by atoms with Crippen molar-refractivity contribution in [2.75, 3.05) is 40.8 Å². The lowest BCUT2D eigenvalue weighted by atomic mass is 10.1. The molecule has 1 aromatic carbocycles. The fraction of sp³-hybridized carbons (Fsp3) is 0.500. The zero-order chi connectivity index (χ0) is 13.8. The molecule has 1 fully saturated rings. The summed E-state index contributed by atoms with van der Waals surface area (Å²) in [4.78, 5) is 14.0. The summed E-state index contributed by atoms with van der Waals surface area (Å²) in [5.74, 6) is 1.35. The molecule has 1 aliphatic heterocycles. The minimum Gasteiger partial charge on any atom is -0.493 e. The van der Waals surface area contributed by atoms with Crippen LogP contribution in [0.25, 0.3) is 0 Å². The lowest BCUT2D eigenvalue weighted by Gasteiger charge is -2.36. The number of benzene rings is 1. The van der Waals surface area contributed by atoms with Gasteiger partial charge in [-0.15, -0.1) is 0 Å². The van der Waals surface area contributed by atoms with E-state index in [0.717, 1.165) is 13.1 Å². The quantitative estimate of drug-likeness (QED) is 0.770. The fourth-order valence-electron chi connectivity index (χ4n) is 2.10. The van der Waals surface area contributed by atoms with Gasteiger partial charge in [0, 0.05) is 18.7 Å². The molecule has 1 heterocycles. The summed E-state index contributed by atoms with van der Waals surface area (Å²) in [5.41, 5.74) is 0.637. The van der Waals surface area contributed by atoms with Crippen LogP contribution in [0, 0.1) is 0 Å². The highest BCUT2D eigenvalue weighted by atomic mass is 16.5. The molecule has 5 heteroatoms. The number of hydrogen-bond acceptors (Lipinski definition) is 5. The zero-order valence-corrected chi connectivity index (χ0v) is 11.6. The summed E-state index contributed by atoms with van der Waals surface area (Å²) in [5, 5.41) is 2.85. The lowest BCUT2D eigenvalue weighted by molar-refractivity contribution is 0.0369. The highest BCUT2D eigenvalue weighted by molar-refractivity contribution is 5.98. The van der Waals surface area contributed by atoms with Crippen molar-refractivity contribution in [2.24, 2.45) is 0 Å². The van der Waals surface area contributed by atoms with Gasteiger partial charge in [-0.1, -0.05) is 0 Å². The molecule has 0 unspecified atom stereocenters. The van der Waals surface area contributed by atoms with Gasteiger partial charge in [0.05, 0.1) is 13.7 Å². The first-order chi connectivity index (χ1) is 9.13. The van der Waals surface area contributed by atoms with Crippen LogP contribution < -0.4 is 14.8 Å². The third-order valence-corrected chi connectivity index (χ3v) is 3.15. The third kappa shape index (κ3) is 3.24. The first-order valence-electron chi connectivity index (χ1n) is 6.35. The van der Waals surface area contributed by atoms with E-state index in [1.165, 1.54) is 0 Å². The highest BCUT2D eigenvalue weighted by Crippen LogP contribution is 2.30. The molecule has 0 aromatic heterocycles. The molecular weight excluding hydrogens is 244 g/mol. The van der Waals surface area contributed by atoms with Crippen molar-refractivity contribution < 1.29 is 14.3 Å². The number of nitrogens with one attached hydrogen (secondary N) is 1. The smallest absolute Gasteiger partial charge is 0.176 e. The van der Waals surface area contributed by atoms with Crippen LogP contribution in [0.15, 0.2) is 18.2 Å². The van der Waals surface area contributed by atoms with Gasteiger partial charge in [-0.3, -0.25) is 9.69 Å². The van der Waals surface area contributed by atoms with E-state index in [-0.39, 0.29) is 11.9 Å². The lowest BCUT2D eigenvalue weighted by Crippen LogP contribution is -2.51. The number of carbonyl (C=O) groups excluding carboxylic acids is 1. The largest absolute Gasteiger partial charge is 0.493 e. The molecule has 0 spiro atoms. The number of likely N-dealkylation sites (tertiary alicyclic amines) is 1. The minimum absolute atomic E-state index is 0.0423. The van der Waals surface area contributed by atoms with Gasteiger partial charge in [-0.25, -0.2) is 0 Å². The molecular formula is C14H20N2O3. The SMILES string of the molecule is CNCC(=O)c1ccc(OC)c(OC2CN(C)C2)c1. The summed E-state index contributed by atoms with van der Waals surface area (Å²) < 4.78 is 11.1. The molecule has 1 aromatic rings. The van der Waals surface area contributed by atoms with Gasteiger partial charge in [0.2, 0.25) is 0 Å². The van der Waals surface area contributed by atoms with Crippen LogP contribution in [0.4, 0.5) is 0 Å². The van der Waals surface area contributed by atoms with E-state index in [9.17, 15) is 4.79 Å². The van der Waals surface area contributed by atoms with Crippen molar-refractivity contribution in [3.8, 4) is 11.5 Å². The molecule has 0 saturated carbocycles. The topological polar surface area (TPSA) is 50.8 Å². The molecule has 0 radical (unpaired) electrons. The molecule has 0 amide bonds. The highest BCUT2D eigenvalue weighted by Gasteiger charge is 2.26. The van der Waals surface area contributed by atoms with Crippen molar-refractivity contribution in [1.29, 1.82) is 0 Å². The van der Waals surface area contributed by atoms with Crippen molar-refractivity contribution in [2.45, 2.75) is 6.10 Å². The summed E-state index contributed by atoms with van der Waals surface area (Å²) in [6.07, 6.45) is 0.175. The summed E-state index contributed by atoms with van der Waals surface area (Å²) in [6.45, 7) is 2.12. The van der Waals surface area contributed by atoms with E-state index in [1.54, 1.807) is 32.4 Å². The predicted octanol–water partition coefficient (Wildman–Crippen LogP) is 0.790. The number of carbonyl (C=O) groups is 1. The van der Waals surface area contributed by atoms with Crippen LogP contribution in [-0.4, -0.2) is 57.6 Å². The Labute approximate surface area is 113 Å². The average molecular weight is 264 g/mol. The van der Waals surface area contributed by atoms with Crippen molar-refractivity contribution >= 4 is 5.78 Å². The number of methoxy groups -OCH3 is 1. The van der Waals surface area contributed by atoms with Crippen LogP contribution in [0.2, 0.25) is 0 Å². The number of ketones is 1. The summed E-state index contributed by atoms with van der Waals surface area (Å²) >= 11 is 0. The second-order valence-corrected chi connectivity index (χ2v) is 4.78. The van der Waals surface area contributed by atoms with Gasteiger partial charge in [0.25, 0.3) is 0 Å². The Morgan fingerprint density at radius 3 is 2.74 bits per heavy atom. The molecule has 0 aliphatic carbocycles. The molecule has 0 atom stereocenters. The van der Waals surface area contributed by atoms with E-state index in [2.05, 4.69) is 10.2 Å². The summed E-state index contributed by atoms with van der Waals surface area (Å²) in [7, 11) is 5.40. The number of likely N-dealkylation sites (N-methyl/N-ethyl adjacent to an activating group) is 2. The van der Waals surface area contributed by atoms with E-state index >= 15 is 0 Å². The second-order valence-electron chi connectivity index (χ2n) is 4.78. The first-order valence-corrected chi connectivity index (χ1v) is 6.35. The fourth-order valence-corrected chi connectivity index (χ4v) is 2.10. The van der Waals surface area contributed by atoms with Crippen molar-refractivity contribution in [3.63, 3.8) is 0 Å². The van der Waals surface area contributed by atoms with E-state index in [1.807, 2.05) is 7.05 Å². The molecule has 104 valence electrons. The maximum absolute atomic E-state index is 11.9. The van der Waals surface area contributed by atoms with E-state index < -0.39 is 0 Å². The standard InChI is InChI=1S/C14H20N2O3/c1-15-7-12(17)10-4-5-13(18-3)14(6-10)19-11-8-16(2)9-11/h4-6,11,15H,7-9H2,1-3H3. The molecule has 1 N–H and O–H groups in total. The zero-order valence-electron chi connectivity index (χ0n) is 11.6. The first kappa shape index (κ1) is 13.8. The Balaban J connectivity index is 2.14. The predicted molar refractivity (Wildman–Crippen MR) is 73.2 cm³/mol. The monoisotopic (exact) mass is 264 g/mol. The Morgan fingerprint density at radius 2 is 2.16 bits per heavy atom. The van der Waals surface area contributed by atoms with E-state index in [4.69, 9.17) is 9.47 Å². The molecule has 19 heavy (non-hydrogen) atoms. The van der Waals surface area contributed by atoms with Crippen molar-refractivity contribution in [1.82, 2.24) is 10.2 Å². The molecule has 1 aliphatic rings. The van der Waals surface area contributed by atoms with Crippen LogP contribution in [0.3, 0.4) is 0 Å². The third-order valence-electron chi connectivity index (χ3n) is 3.15. The van der Waals surface area contributed by atoms with Crippen LogP contribution in [0.1, 0.15) is 10.4 Å². The number of hydrogen-bond donors (Lipinski definition) is 1. The Kier molecular flexibility index (Phi) is 4.39. The summed E-state index contributed by atoms with van der Waals surface area (Å²) in [6, 6.07) is 5.30. The molecule has 5 nitrogen and oxygen atoms in total. The Hall–Kier alpha value is -1.59. The van der Waals surface area contributed by atoms with Crippen molar-refractivity contribution in [3.05, 3.63) is 23.8 Å².